The Hall–Kier alpha value is -3.66. The molecule has 1 aliphatic rings. The fourth-order valence-electron chi connectivity index (χ4n) is 2.61. The highest BCUT2D eigenvalue weighted by Crippen LogP contribution is 2.23. The molecular formula is C21H20N4O5S. The highest BCUT2D eigenvalue weighted by atomic mass is 32.2. The summed E-state index contributed by atoms with van der Waals surface area (Å²) >= 11 is 1.10. The van der Waals surface area contributed by atoms with Gasteiger partial charge in [-0.25, -0.2) is 4.79 Å². The first kappa shape index (κ1) is 22.0. The Bertz CT molecular complexity index is 1040. The maximum absolute atomic E-state index is 12.3. The number of para-hydroxylation sites is 1. The molecule has 9 nitrogen and oxygen atoms in total. The Labute approximate surface area is 182 Å². The Kier molecular flexibility index (Phi) is 7.39. The number of anilines is 1. The maximum atomic E-state index is 12.3. The number of esters is 1. The van der Waals surface area contributed by atoms with E-state index in [0.29, 0.717) is 16.8 Å². The number of aromatic hydroxyl groups is 1. The maximum Gasteiger partial charge on any atom is 0.338 e. The molecule has 0 aromatic heterocycles. The molecule has 0 radical (unpaired) electrons. The van der Waals surface area contributed by atoms with Crippen molar-refractivity contribution in [3.05, 3.63) is 59.7 Å². The smallest absolute Gasteiger partial charge is 0.338 e. The van der Waals surface area contributed by atoms with Gasteiger partial charge in [0.15, 0.2) is 5.17 Å². The average molecular weight is 440 g/mol. The third kappa shape index (κ3) is 6.16. The van der Waals surface area contributed by atoms with E-state index in [1.165, 1.54) is 12.3 Å². The largest absolute Gasteiger partial charge is 0.507 e. The Balaban J connectivity index is 1.53. The van der Waals surface area contributed by atoms with E-state index >= 15 is 0 Å². The van der Waals surface area contributed by atoms with Crippen LogP contribution < -0.4 is 10.6 Å². The van der Waals surface area contributed by atoms with Crippen LogP contribution in [0.1, 0.15) is 29.3 Å². The first-order valence-electron chi connectivity index (χ1n) is 9.40. The Morgan fingerprint density at radius 3 is 2.68 bits per heavy atom. The van der Waals surface area contributed by atoms with Crippen molar-refractivity contribution in [3.63, 3.8) is 0 Å². The summed E-state index contributed by atoms with van der Waals surface area (Å²) in [5.74, 6) is -1.06. The number of carbonyl (C=O) groups excluding carboxylic acids is 3. The summed E-state index contributed by atoms with van der Waals surface area (Å²) < 4.78 is 4.91. The molecule has 31 heavy (non-hydrogen) atoms. The van der Waals surface area contributed by atoms with Crippen LogP contribution in [0.15, 0.2) is 58.7 Å². The molecule has 1 atom stereocenters. The van der Waals surface area contributed by atoms with Crippen molar-refractivity contribution < 1.29 is 24.2 Å². The number of phenols is 1. The van der Waals surface area contributed by atoms with Gasteiger partial charge in [0, 0.05) is 17.7 Å². The van der Waals surface area contributed by atoms with Gasteiger partial charge in [-0.1, -0.05) is 23.9 Å². The molecule has 0 aliphatic carbocycles. The van der Waals surface area contributed by atoms with Crippen LogP contribution in [-0.2, 0) is 14.3 Å². The van der Waals surface area contributed by atoms with Crippen LogP contribution in [0.2, 0.25) is 0 Å². The summed E-state index contributed by atoms with van der Waals surface area (Å²) in [5, 5.41) is 22.4. The Morgan fingerprint density at radius 1 is 1.23 bits per heavy atom. The van der Waals surface area contributed by atoms with Gasteiger partial charge >= 0.3 is 5.97 Å². The van der Waals surface area contributed by atoms with Crippen molar-refractivity contribution in [1.82, 2.24) is 5.32 Å². The molecule has 3 N–H and O–H groups in total. The highest BCUT2D eigenvalue weighted by molar-refractivity contribution is 8.15. The number of hydrogen-bond acceptors (Lipinski definition) is 8. The number of carbonyl (C=O) groups is 3. The standard InChI is InChI=1S/C21H20N4O5S/c1-2-30-20(29)13-7-9-15(10-8-13)23-18(27)11-17-19(28)24-21(31-17)25-22-12-14-5-3-4-6-16(14)26/h3-10,12,17,26H,2,11H2,1H3,(H,23,27)(H,24,25,28)/b22-12+. The van der Waals surface area contributed by atoms with E-state index in [4.69, 9.17) is 4.74 Å². The molecule has 1 heterocycles. The molecule has 1 unspecified atom stereocenters. The van der Waals surface area contributed by atoms with Crippen molar-refractivity contribution in [2.45, 2.75) is 18.6 Å². The van der Waals surface area contributed by atoms with Crippen molar-refractivity contribution >= 4 is 46.6 Å². The van der Waals surface area contributed by atoms with Crippen LogP contribution in [-0.4, -0.2) is 46.1 Å². The fourth-order valence-corrected chi connectivity index (χ4v) is 3.54. The summed E-state index contributed by atoms with van der Waals surface area (Å²) in [6.07, 6.45) is 1.31. The zero-order valence-corrected chi connectivity index (χ0v) is 17.4. The van der Waals surface area contributed by atoms with Crippen LogP contribution in [0.3, 0.4) is 0 Å². The molecule has 10 heteroatoms. The molecule has 0 spiro atoms. The van der Waals surface area contributed by atoms with E-state index in [1.807, 2.05) is 0 Å². The number of phenolic OH excluding ortho intramolecular Hbond substituents is 1. The van der Waals surface area contributed by atoms with Gasteiger partial charge in [0.1, 0.15) is 11.0 Å². The van der Waals surface area contributed by atoms with Gasteiger partial charge in [-0.2, -0.15) is 5.10 Å². The van der Waals surface area contributed by atoms with Crippen LogP contribution >= 0.6 is 11.8 Å². The minimum absolute atomic E-state index is 0.0572. The van der Waals surface area contributed by atoms with E-state index in [2.05, 4.69) is 20.8 Å². The number of hydrogen-bond donors (Lipinski definition) is 3. The van der Waals surface area contributed by atoms with Crippen LogP contribution in [0, 0.1) is 0 Å². The van der Waals surface area contributed by atoms with Crippen molar-refractivity contribution in [2.24, 2.45) is 10.2 Å². The lowest BCUT2D eigenvalue weighted by Crippen LogP contribution is -2.28. The van der Waals surface area contributed by atoms with E-state index in [0.717, 1.165) is 11.8 Å². The van der Waals surface area contributed by atoms with E-state index in [1.54, 1.807) is 49.4 Å². The van der Waals surface area contributed by atoms with Crippen LogP contribution in [0.25, 0.3) is 0 Å². The number of benzene rings is 2. The molecule has 0 saturated carbocycles. The lowest BCUT2D eigenvalue weighted by Gasteiger charge is -2.08. The first-order valence-corrected chi connectivity index (χ1v) is 10.3. The third-order valence-corrected chi connectivity index (χ3v) is 5.18. The number of ether oxygens (including phenoxy) is 1. The SMILES string of the molecule is CCOC(=O)c1ccc(NC(=O)CC2S/C(=N/N=C/c3ccccc3O)NC2=O)cc1. The quantitative estimate of drug-likeness (QED) is 0.345. The first-order chi connectivity index (χ1) is 15.0. The molecule has 2 aromatic rings. The topological polar surface area (TPSA) is 129 Å². The summed E-state index contributed by atoms with van der Waals surface area (Å²) in [4.78, 5) is 36.0. The minimum atomic E-state index is -0.641. The van der Waals surface area contributed by atoms with E-state index < -0.39 is 11.2 Å². The molecular weight excluding hydrogens is 420 g/mol. The van der Waals surface area contributed by atoms with Gasteiger partial charge in [0.25, 0.3) is 0 Å². The monoisotopic (exact) mass is 440 g/mol. The zero-order chi connectivity index (χ0) is 22.2. The predicted octanol–water partition coefficient (Wildman–Crippen LogP) is 2.52. The van der Waals surface area contributed by atoms with E-state index in [-0.39, 0.29) is 35.8 Å². The van der Waals surface area contributed by atoms with Gasteiger partial charge in [-0.3, -0.25) is 9.59 Å². The van der Waals surface area contributed by atoms with Crippen molar-refractivity contribution in [3.8, 4) is 5.75 Å². The van der Waals surface area contributed by atoms with Crippen molar-refractivity contribution in [1.29, 1.82) is 0 Å². The predicted molar refractivity (Wildman–Crippen MR) is 118 cm³/mol. The molecule has 2 amide bonds. The molecule has 1 aliphatic heterocycles. The molecule has 3 rings (SSSR count). The van der Waals surface area contributed by atoms with Gasteiger partial charge in [0.2, 0.25) is 11.8 Å². The molecule has 1 saturated heterocycles. The van der Waals surface area contributed by atoms with Gasteiger partial charge < -0.3 is 20.5 Å². The minimum Gasteiger partial charge on any atom is -0.507 e. The fraction of sp³-hybridized carbons (Fsp3) is 0.190. The lowest BCUT2D eigenvalue weighted by molar-refractivity contribution is -0.122. The molecule has 0 bridgehead atoms. The second kappa shape index (κ2) is 10.4. The molecule has 2 aromatic carbocycles. The number of nitrogens with one attached hydrogen (secondary N) is 2. The lowest BCUT2D eigenvalue weighted by atomic mass is 10.2. The summed E-state index contributed by atoms with van der Waals surface area (Å²) in [6, 6.07) is 12.9. The normalized spacial score (nSPS) is 17.0. The summed E-state index contributed by atoms with van der Waals surface area (Å²) in [7, 11) is 0. The second-order valence-corrected chi connectivity index (χ2v) is 7.55. The third-order valence-electron chi connectivity index (χ3n) is 4.11. The Morgan fingerprint density at radius 2 is 1.97 bits per heavy atom. The average Bonchev–Trinajstić information content (AvgIpc) is 3.09. The highest BCUT2D eigenvalue weighted by Gasteiger charge is 2.32. The van der Waals surface area contributed by atoms with Gasteiger partial charge in [0.05, 0.1) is 18.4 Å². The molecule has 1 fully saturated rings. The summed E-state index contributed by atoms with van der Waals surface area (Å²) in [5.41, 5.74) is 1.38. The number of nitrogens with zero attached hydrogens (tertiary/aromatic N) is 2. The molecule has 160 valence electrons. The van der Waals surface area contributed by atoms with Crippen molar-refractivity contribution in [2.75, 3.05) is 11.9 Å². The van der Waals surface area contributed by atoms with E-state index in [9.17, 15) is 19.5 Å². The van der Waals surface area contributed by atoms with Crippen LogP contribution in [0.5, 0.6) is 5.75 Å². The number of amidine groups is 1. The number of amides is 2. The number of rotatable bonds is 7. The second-order valence-electron chi connectivity index (χ2n) is 6.35. The summed E-state index contributed by atoms with van der Waals surface area (Å²) in [6.45, 7) is 2.00. The zero-order valence-electron chi connectivity index (χ0n) is 16.6. The van der Waals surface area contributed by atoms with Gasteiger partial charge in [-0.15, -0.1) is 5.10 Å². The van der Waals surface area contributed by atoms with Crippen LogP contribution in [0.4, 0.5) is 5.69 Å². The van der Waals surface area contributed by atoms with Gasteiger partial charge in [-0.05, 0) is 43.3 Å². The number of thioether (sulfide) groups is 1.